The molecule has 0 fully saturated rings. The van der Waals surface area contributed by atoms with E-state index in [1.165, 1.54) is 17.4 Å². The summed E-state index contributed by atoms with van der Waals surface area (Å²) in [6.45, 7) is 2.14. The number of hydrogen-bond acceptors (Lipinski definition) is 5. The molecule has 0 aliphatic rings. The number of nitro benzene ring substituents is 1. The molecule has 1 aromatic heterocycles. The summed E-state index contributed by atoms with van der Waals surface area (Å²) in [5, 5.41) is 24.3. The van der Waals surface area contributed by atoms with Crippen molar-refractivity contribution < 1.29 is 14.8 Å². The summed E-state index contributed by atoms with van der Waals surface area (Å²) < 4.78 is 0. The van der Waals surface area contributed by atoms with E-state index in [2.05, 4.69) is 5.32 Å². The Hall–Kier alpha value is -2.41. The number of anilines is 1. The molecule has 2 rings (SSSR count). The molecule has 0 saturated carbocycles. The Labute approximate surface area is 118 Å². The number of hydrogen-bond donors (Lipinski definition) is 2. The summed E-state index contributed by atoms with van der Waals surface area (Å²) in [6.07, 6.45) is 0. The number of carbonyl (C=O) groups is 1. The number of nitro groups is 1. The molecule has 0 spiro atoms. The first-order valence-corrected chi connectivity index (χ1v) is 6.65. The Morgan fingerprint density at radius 3 is 2.80 bits per heavy atom. The van der Waals surface area contributed by atoms with Crippen LogP contribution in [0.4, 0.5) is 11.4 Å². The van der Waals surface area contributed by atoms with Gasteiger partial charge in [0.2, 0.25) is 0 Å². The monoisotopic (exact) mass is 292 g/mol. The smallest absolute Gasteiger partial charge is 0.336 e. The molecule has 0 atom stereocenters. The molecule has 0 amide bonds. The van der Waals surface area contributed by atoms with Gasteiger partial charge in [0.15, 0.2) is 0 Å². The average molecular weight is 292 g/mol. The number of thiophene rings is 1. The van der Waals surface area contributed by atoms with Gasteiger partial charge >= 0.3 is 5.97 Å². The Kier molecular flexibility index (Phi) is 3.99. The molecule has 20 heavy (non-hydrogen) atoms. The van der Waals surface area contributed by atoms with Crippen LogP contribution in [-0.2, 0) is 6.54 Å². The minimum Gasteiger partial charge on any atom is -0.478 e. The van der Waals surface area contributed by atoms with Crippen molar-refractivity contribution in [2.24, 2.45) is 0 Å². The zero-order chi connectivity index (χ0) is 14.7. The lowest BCUT2D eigenvalue weighted by atomic mass is 10.2. The van der Waals surface area contributed by atoms with Crippen LogP contribution in [0.1, 0.15) is 20.8 Å². The van der Waals surface area contributed by atoms with Gasteiger partial charge in [-0.15, -0.1) is 11.3 Å². The second-order valence-electron chi connectivity index (χ2n) is 4.24. The van der Waals surface area contributed by atoms with Gasteiger partial charge in [-0.2, -0.15) is 0 Å². The van der Waals surface area contributed by atoms with Crippen molar-refractivity contribution in [3.8, 4) is 0 Å². The summed E-state index contributed by atoms with van der Waals surface area (Å²) in [7, 11) is 0. The summed E-state index contributed by atoms with van der Waals surface area (Å²) in [5.41, 5.74) is 1.47. The van der Waals surface area contributed by atoms with Gasteiger partial charge in [-0.3, -0.25) is 10.1 Å². The Balaban J connectivity index is 2.14. The summed E-state index contributed by atoms with van der Waals surface area (Å²) in [4.78, 5) is 22.1. The largest absolute Gasteiger partial charge is 0.478 e. The van der Waals surface area contributed by atoms with Crippen molar-refractivity contribution in [3.63, 3.8) is 0 Å². The van der Waals surface area contributed by atoms with E-state index in [9.17, 15) is 14.9 Å². The van der Waals surface area contributed by atoms with Gasteiger partial charge in [0.1, 0.15) is 5.69 Å². The van der Waals surface area contributed by atoms with E-state index in [4.69, 9.17) is 5.11 Å². The second kappa shape index (κ2) is 5.70. The van der Waals surface area contributed by atoms with Crippen LogP contribution in [0.5, 0.6) is 0 Å². The molecule has 0 radical (unpaired) electrons. The quantitative estimate of drug-likeness (QED) is 0.651. The predicted molar refractivity (Wildman–Crippen MR) is 76.4 cm³/mol. The van der Waals surface area contributed by atoms with Crippen molar-refractivity contribution in [2.75, 3.05) is 5.32 Å². The van der Waals surface area contributed by atoms with Crippen molar-refractivity contribution in [1.29, 1.82) is 0 Å². The SMILES string of the molecule is Cc1ccc(NCc2cc(C(=O)O)cs2)c([N+](=O)[O-])c1. The zero-order valence-electron chi connectivity index (χ0n) is 10.6. The highest BCUT2D eigenvalue weighted by Gasteiger charge is 2.14. The number of aromatic carboxylic acids is 1. The van der Waals surface area contributed by atoms with E-state index in [1.54, 1.807) is 30.5 Å². The van der Waals surface area contributed by atoms with Gasteiger partial charge < -0.3 is 10.4 Å². The number of carboxylic acid groups (broad SMARTS) is 1. The third-order valence-corrected chi connectivity index (χ3v) is 3.64. The molecule has 0 aliphatic heterocycles. The fourth-order valence-electron chi connectivity index (χ4n) is 1.71. The maximum Gasteiger partial charge on any atom is 0.336 e. The lowest BCUT2D eigenvalue weighted by Gasteiger charge is -2.06. The lowest BCUT2D eigenvalue weighted by Crippen LogP contribution is -2.02. The standard InChI is InChI=1S/C13H12N2O4S/c1-8-2-3-11(12(4-8)15(18)19)14-6-10-5-9(7-20-10)13(16)17/h2-5,7,14H,6H2,1H3,(H,16,17). The number of benzene rings is 1. The number of nitrogens with zero attached hydrogens (tertiary/aromatic N) is 1. The van der Waals surface area contributed by atoms with Crippen LogP contribution in [0.3, 0.4) is 0 Å². The molecule has 2 N–H and O–H groups in total. The molecule has 104 valence electrons. The Morgan fingerprint density at radius 1 is 1.45 bits per heavy atom. The summed E-state index contributed by atoms with van der Waals surface area (Å²) in [5.74, 6) is -0.978. The van der Waals surface area contributed by atoms with E-state index in [1.807, 2.05) is 0 Å². The van der Waals surface area contributed by atoms with E-state index in [0.29, 0.717) is 12.2 Å². The summed E-state index contributed by atoms with van der Waals surface area (Å²) in [6, 6.07) is 6.49. The van der Waals surface area contributed by atoms with Crippen LogP contribution >= 0.6 is 11.3 Å². The highest BCUT2D eigenvalue weighted by atomic mass is 32.1. The average Bonchev–Trinajstić information content (AvgIpc) is 2.86. The van der Waals surface area contributed by atoms with E-state index in [0.717, 1.165) is 10.4 Å². The van der Waals surface area contributed by atoms with Gasteiger partial charge in [-0.25, -0.2) is 4.79 Å². The van der Waals surface area contributed by atoms with E-state index < -0.39 is 10.9 Å². The molecule has 0 unspecified atom stereocenters. The molecule has 1 aromatic carbocycles. The number of aryl methyl sites for hydroxylation is 1. The predicted octanol–water partition coefficient (Wildman–Crippen LogP) is 3.28. The molecular weight excluding hydrogens is 280 g/mol. The molecular formula is C13H12N2O4S. The minimum absolute atomic E-state index is 0.0139. The topological polar surface area (TPSA) is 92.5 Å². The van der Waals surface area contributed by atoms with Crippen molar-refractivity contribution in [1.82, 2.24) is 0 Å². The minimum atomic E-state index is -0.978. The van der Waals surface area contributed by atoms with Gasteiger partial charge in [-0.05, 0) is 24.6 Å². The fraction of sp³-hybridized carbons (Fsp3) is 0.154. The van der Waals surface area contributed by atoms with Crippen LogP contribution < -0.4 is 5.32 Å². The maximum atomic E-state index is 11.0. The van der Waals surface area contributed by atoms with Crippen LogP contribution in [0, 0.1) is 17.0 Å². The number of carboxylic acids is 1. The van der Waals surface area contributed by atoms with Gasteiger partial charge in [0, 0.05) is 22.9 Å². The highest BCUT2D eigenvalue weighted by Crippen LogP contribution is 2.26. The Bertz CT molecular complexity index is 666. The van der Waals surface area contributed by atoms with Crippen LogP contribution in [0.25, 0.3) is 0 Å². The first-order valence-electron chi connectivity index (χ1n) is 5.77. The number of rotatable bonds is 5. The van der Waals surface area contributed by atoms with Crippen LogP contribution in [0.15, 0.2) is 29.6 Å². The first-order chi connectivity index (χ1) is 9.47. The van der Waals surface area contributed by atoms with Crippen LogP contribution in [-0.4, -0.2) is 16.0 Å². The van der Waals surface area contributed by atoms with E-state index >= 15 is 0 Å². The Morgan fingerprint density at radius 2 is 2.20 bits per heavy atom. The third-order valence-electron chi connectivity index (χ3n) is 2.70. The fourth-order valence-corrected chi connectivity index (χ4v) is 2.51. The molecule has 2 aromatic rings. The third kappa shape index (κ3) is 3.12. The molecule has 1 heterocycles. The first kappa shape index (κ1) is 14.0. The highest BCUT2D eigenvalue weighted by molar-refractivity contribution is 7.10. The van der Waals surface area contributed by atoms with Gasteiger partial charge in [0.05, 0.1) is 10.5 Å². The van der Waals surface area contributed by atoms with Crippen molar-refractivity contribution in [3.05, 3.63) is 55.8 Å². The molecule has 0 saturated heterocycles. The van der Waals surface area contributed by atoms with Crippen molar-refractivity contribution >= 4 is 28.7 Å². The van der Waals surface area contributed by atoms with Crippen molar-refractivity contribution in [2.45, 2.75) is 13.5 Å². The van der Waals surface area contributed by atoms with Gasteiger partial charge in [0.25, 0.3) is 5.69 Å². The molecule has 0 aliphatic carbocycles. The normalized spacial score (nSPS) is 10.2. The second-order valence-corrected chi connectivity index (χ2v) is 5.23. The van der Waals surface area contributed by atoms with Crippen LogP contribution in [0.2, 0.25) is 0 Å². The summed E-state index contributed by atoms with van der Waals surface area (Å²) >= 11 is 1.30. The maximum absolute atomic E-state index is 11.0. The lowest BCUT2D eigenvalue weighted by molar-refractivity contribution is -0.384. The van der Waals surface area contributed by atoms with Gasteiger partial charge in [-0.1, -0.05) is 6.07 Å². The molecule has 0 bridgehead atoms. The molecule has 6 nitrogen and oxygen atoms in total. The zero-order valence-corrected chi connectivity index (χ0v) is 11.4. The number of nitrogens with one attached hydrogen (secondary N) is 1. The van der Waals surface area contributed by atoms with E-state index in [-0.39, 0.29) is 11.3 Å². The molecule has 7 heteroatoms.